The van der Waals surface area contributed by atoms with Gasteiger partial charge in [0.25, 0.3) is 0 Å². The fourth-order valence-electron chi connectivity index (χ4n) is 1.30. The third-order valence-corrected chi connectivity index (χ3v) is 3.33. The van der Waals surface area contributed by atoms with Crippen LogP contribution in [0.2, 0.25) is 0 Å². The van der Waals surface area contributed by atoms with Crippen LogP contribution in [0.3, 0.4) is 0 Å². The Hall–Kier alpha value is -1.14. The minimum atomic E-state index is 0.292. The predicted octanol–water partition coefficient (Wildman–Crippen LogP) is 3.66. The van der Waals surface area contributed by atoms with Gasteiger partial charge in [-0.1, -0.05) is 32.9 Å². The van der Waals surface area contributed by atoms with Crippen molar-refractivity contribution in [1.82, 2.24) is 0 Å². The Morgan fingerprint density at radius 1 is 1.24 bits per heavy atom. The van der Waals surface area contributed by atoms with E-state index in [0.717, 1.165) is 23.7 Å². The van der Waals surface area contributed by atoms with Gasteiger partial charge in [-0.25, -0.2) is 0 Å². The standard InChI is InChI=1S/C14H19NOS/c1-14(2,3)17-11-10-16-13-6-4-12(5-7-13)8-9-15/h4-7H,8,10-11H2,1-3H3. The maximum atomic E-state index is 8.55. The molecule has 0 aliphatic heterocycles. The Morgan fingerprint density at radius 3 is 2.41 bits per heavy atom. The molecule has 0 saturated carbocycles. The Bertz CT molecular complexity index is 373. The van der Waals surface area contributed by atoms with Crippen LogP contribution in [0.5, 0.6) is 5.75 Å². The van der Waals surface area contributed by atoms with E-state index in [-0.39, 0.29) is 0 Å². The first-order valence-corrected chi connectivity index (χ1v) is 6.72. The number of nitriles is 1. The van der Waals surface area contributed by atoms with E-state index in [1.807, 2.05) is 36.0 Å². The van der Waals surface area contributed by atoms with E-state index in [1.165, 1.54) is 0 Å². The number of thioether (sulfide) groups is 1. The summed E-state index contributed by atoms with van der Waals surface area (Å²) in [6.07, 6.45) is 0.458. The quantitative estimate of drug-likeness (QED) is 0.747. The highest BCUT2D eigenvalue weighted by Gasteiger charge is 2.09. The number of benzene rings is 1. The Kier molecular flexibility index (Phi) is 5.37. The molecule has 0 bridgehead atoms. The van der Waals surface area contributed by atoms with Crippen LogP contribution < -0.4 is 4.74 Å². The van der Waals surface area contributed by atoms with Gasteiger partial charge >= 0.3 is 0 Å². The highest BCUT2D eigenvalue weighted by Crippen LogP contribution is 2.23. The van der Waals surface area contributed by atoms with Gasteiger partial charge in [0.15, 0.2) is 0 Å². The number of nitrogens with zero attached hydrogens (tertiary/aromatic N) is 1. The zero-order valence-corrected chi connectivity index (χ0v) is 11.5. The lowest BCUT2D eigenvalue weighted by molar-refractivity contribution is 0.343. The molecule has 0 saturated heterocycles. The topological polar surface area (TPSA) is 33.0 Å². The molecule has 3 heteroatoms. The summed E-state index contributed by atoms with van der Waals surface area (Å²) in [5.74, 6) is 1.87. The van der Waals surface area contributed by atoms with E-state index < -0.39 is 0 Å². The summed E-state index contributed by atoms with van der Waals surface area (Å²) in [6, 6.07) is 9.86. The van der Waals surface area contributed by atoms with Gasteiger partial charge in [-0.3, -0.25) is 0 Å². The second kappa shape index (κ2) is 6.56. The van der Waals surface area contributed by atoms with E-state index in [1.54, 1.807) is 0 Å². The molecule has 0 amide bonds. The summed E-state index contributed by atoms with van der Waals surface area (Å²) < 4.78 is 5.92. The molecular formula is C14H19NOS. The summed E-state index contributed by atoms with van der Waals surface area (Å²) in [5.41, 5.74) is 1.03. The zero-order chi connectivity index (χ0) is 12.7. The lowest BCUT2D eigenvalue weighted by Gasteiger charge is -2.17. The molecule has 1 rings (SSSR count). The van der Waals surface area contributed by atoms with Gasteiger partial charge < -0.3 is 4.74 Å². The zero-order valence-electron chi connectivity index (χ0n) is 10.7. The third-order valence-electron chi connectivity index (χ3n) is 2.09. The molecule has 0 N–H and O–H groups in total. The molecule has 0 fully saturated rings. The Morgan fingerprint density at radius 2 is 1.88 bits per heavy atom. The molecule has 0 aliphatic carbocycles. The normalized spacial score (nSPS) is 10.9. The van der Waals surface area contributed by atoms with Crippen LogP contribution in [-0.2, 0) is 6.42 Å². The molecule has 0 radical (unpaired) electrons. The maximum Gasteiger partial charge on any atom is 0.119 e. The largest absolute Gasteiger partial charge is 0.493 e. The Labute approximate surface area is 108 Å². The van der Waals surface area contributed by atoms with Gasteiger partial charge in [0, 0.05) is 10.5 Å². The summed E-state index contributed by atoms with van der Waals surface area (Å²) >= 11 is 1.90. The van der Waals surface area contributed by atoms with Crippen LogP contribution in [0.15, 0.2) is 24.3 Å². The van der Waals surface area contributed by atoms with Gasteiger partial charge in [0.05, 0.1) is 19.1 Å². The first kappa shape index (κ1) is 13.9. The molecule has 0 unspecified atom stereocenters. The average Bonchev–Trinajstić information content (AvgIpc) is 2.26. The molecule has 92 valence electrons. The number of rotatable bonds is 5. The lowest BCUT2D eigenvalue weighted by Crippen LogP contribution is -2.11. The monoisotopic (exact) mass is 249 g/mol. The van der Waals surface area contributed by atoms with Crippen molar-refractivity contribution in [1.29, 1.82) is 5.26 Å². The van der Waals surface area contributed by atoms with E-state index in [0.29, 0.717) is 11.2 Å². The van der Waals surface area contributed by atoms with Gasteiger partial charge in [0.2, 0.25) is 0 Å². The van der Waals surface area contributed by atoms with Crippen molar-refractivity contribution in [2.45, 2.75) is 31.9 Å². The van der Waals surface area contributed by atoms with E-state index in [4.69, 9.17) is 10.00 Å². The van der Waals surface area contributed by atoms with Crippen molar-refractivity contribution in [3.05, 3.63) is 29.8 Å². The first-order chi connectivity index (χ1) is 8.01. The second-order valence-corrected chi connectivity index (χ2v) is 6.71. The van der Waals surface area contributed by atoms with E-state index in [2.05, 4.69) is 26.8 Å². The lowest BCUT2D eigenvalue weighted by atomic mass is 10.2. The molecule has 0 heterocycles. The fourth-order valence-corrected chi connectivity index (χ4v) is 2.08. The van der Waals surface area contributed by atoms with Crippen molar-refractivity contribution in [2.75, 3.05) is 12.4 Å². The summed E-state index contributed by atoms with van der Waals surface area (Å²) in [6.45, 7) is 7.33. The minimum absolute atomic E-state index is 0.292. The second-order valence-electron chi connectivity index (χ2n) is 4.79. The van der Waals surface area contributed by atoms with E-state index >= 15 is 0 Å². The van der Waals surface area contributed by atoms with E-state index in [9.17, 15) is 0 Å². The van der Waals surface area contributed by atoms with Crippen LogP contribution in [0.1, 0.15) is 26.3 Å². The molecule has 1 aromatic carbocycles. The van der Waals surface area contributed by atoms with Crippen LogP contribution in [0.4, 0.5) is 0 Å². The predicted molar refractivity (Wildman–Crippen MR) is 73.5 cm³/mol. The summed E-state index contributed by atoms with van der Waals surface area (Å²) in [7, 11) is 0. The van der Waals surface area contributed by atoms with Gasteiger partial charge in [0.1, 0.15) is 5.75 Å². The van der Waals surface area contributed by atoms with Gasteiger partial charge in [-0.15, -0.1) is 0 Å². The molecule has 17 heavy (non-hydrogen) atoms. The summed E-state index contributed by atoms with van der Waals surface area (Å²) in [4.78, 5) is 0. The molecule has 0 atom stereocenters. The van der Waals surface area contributed by atoms with Crippen LogP contribution in [0.25, 0.3) is 0 Å². The van der Waals surface area contributed by atoms with Crippen molar-refractivity contribution < 1.29 is 4.74 Å². The SMILES string of the molecule is CC(C)(C)SCCOc1ccc(CC#N)cc1. The van der Waals surface area contributed by atoms with Gasteiger partial charge in [-0.05, 0) is 17.7 Å². The molecule has 0 spiro atoms. The van der Waals surface area contributed by atoms with Crippen LogP contribution in [0, 0.1) is 11.3 Å². The van der Waals surface area contributed by atoms with Crippen molar-refractivity contribution in [3.8, 4) is 11.8 Å². The fraction of sp³-hybridized carbons (Fsp3) is 0.500. The average molecular weight is 249 g/mol. The highest BCUT2D eigenvalue weighted by molar-refractivity contribution is 8.00. The van der Waals surface area contributed by atoms with Gasteiger partial charge in [-0.2, -0.15) is 17.0 Å². The van der Waals surface area contributed by atoms with Crippen molar-refractivity contribution in [3.63, 3.8) is 0 Å². The maximum absolute atomic E-state index is 8.55. The molecule has 0 aliphatic rings. The van der Waals surface area contributed by atoms with Crippen LogP contribution >= 0.6 is 11.8 Å². The highest BCUT2D eigenvalue weighted by atomic mass is 32.2. The molecule has 1 aromatic rings. The van der Waals surface area contributed by atoms with Crippen molar-refractivity contribution >= 4 is 11.8 Å². The summed E-state index contributed by atoms with van der Waals surface area (Å²) in [5, 5.41) is 8.55. The molecular weight excluding hydrogens is 230 g/mol. The van der Waals surface area contributed by atoms with Crippen LogP contribution in [-0.4, -0.2) is 17.1 Å². The Balaban J connectivity index is 2.30. The smallest absolute Gasteiger partial charge is 0.119 e. The first-order valence-electron chi connectivity index (χ1n) is 5.74. The minimum Gasteiger partial charge on any atom is -0.493 e. The molecule has 0 aromatic heterocycles. The van der Waals surface area contributed by atoms with Crippen molar-refractivity contribution in [2.24, 2.45) is 0 Å². The number of ether oxygens (including phenoxy) is 1. The third kappa shape index (κ3) is 6.23. The molecule has 2 nitrogen and oxygen atoms in total. The number of hydrogen-bond acceptors (Lipinski definition) is 3. The number of hydrogen-bond donors (Lipinski definition) is 0.